The summed E-state index contributed by atoms with van der Waals surface area (Å²) < 4.78 is 22.6. The molecule has 0 saturated heterocycles. The number of unbranched alkanes of at least 4 members (excludes halogenated alkanes) is 23. The maximum atomic E-state index is 12.8. The summed E-state index contributed by atoms with van der Waals surface area (Å²) in [6.07, 6.45) is 44.5. The predicted octanol–water partition coefficient (Wildman–Crippen LogP) is 11.7. The molecule has 9 heteroatoms. The normalized spacial score (nSPS) is 13.2. The zero-order chi connectivity index (χ0) is 43.5. The van der Waals surface area contributed by atoms with Gasteiger partial charge in [0.05, 0.1) is 40.3 Å². The van der Waals surface area contributed by atoms with Crippen molar-refractivity contribution in [2.24, 2.45) is 0 Å². The van der Waals surface area contributed by atoms with Crippen LogP contribution < -0.4 is 5.11 Å². The molecule has 0 saturated carbocycles. The Morgan fingerprint density at radius 3 is 1.39 bits per heavy atom. The maximum Gasteiger partial charge on any atom is 0.306 e. The van der Waals surface area contributed by atoms with E-state index in [9.17, 15) is 19.5 Å². The Bertz CT molecular complexity index is 1070. The van der Waals surface area contributed by atoms with Gasteiger partial charge in [-0.25, -0.2) is 0 Å². The van der Waals surface area contributed by atoms with E-state index < -0.39 is 24.3 Å². The number of quaternary nitrogens is 1. The lowest BCUT2D eigenvalue weighted by molar-refractivity contribution is -0.870. The molecule has 0 N–H and O–H groups in total. The zero-order valence-corrected chi connectivity index (χ0v) is 38.9. The van der Waals surface area contributed by atoms with E-state index in [2.05, 4.69) is 50.3 Å². The molecular formula is C50H91NO8. The molecule has 0 amide bonds. The number of esters is 2. The SMILES string of the molecule is CCCCC/C=C\C/C=C\CCCCCCCCCCCC(=O)OC(COC(=O)CCCCCCC/C=C\CCCCCCCC)COC(OCC[N+](C)(C)C)C(=O)[O-]. The molecule has 0 bridgehead atoms. The third-order valence-corrected chi connectivity index (χ3v) is 10.4. The van der Waals surface area contributed by atoms with Crippen LogP contribution in [0.25, 0.3) is 0 Å². The molecule has 59 heavy (non-hydrogen) atoms. The summed E-state index contributed by atoms with van der Waals surface area (Å²) in [5, 5.41) is 11.7. The van der Waals surface area contributed by atoms with E-state index in [1.165, 1.54) is 103 Å². The average molecular weight is 834 g/mol. The lowest BCUT2D eigenvalue weighted by Crippen LogP contribution is -2.44. The molecule has 0 fully saturated rings. The second-order valence-corrected chi connectivity index (χ2v) is 17.4. The van der Waals surface area contributed by atoms with Gasteiger partial charge in [0.2, 0.25) is 0 Å². The standard InChI is InChI=1S/C50H91NO8/c1-6-8-10-12-14-16-18-20-22-23-24-25-27-29-31-33-35-37-39-41-48(53)59-46(45-58-50(49(54)55)56-43-42-51(3,4)5)44-57-47(52)40-38-36-34-32-30-28-26-21-19-17-15-13-11-9-7-2/h14,16,20-22,26,46,50H,6-13,15,17-19,23-25,27-45H2,1-5H3/b16-14-,22-20-,26-21-. The lowest BCUT2D eigenvalue weighted by Gasteiger charge is -2.26. The first-order valence-corrected chi connectivity index (χ1v) is 24.1. The van der Waals surface area contributed by atoms with Crippen LogP contribution >= 0.6 is 0 Å². The van der Waals surface area contributed by atoms with Crippen LogP contribution in [0.4, 0.5) is 0 Å². The fraction of sp³-hybridized carbons (Fsp3) is 0.820. The lowest BCUT2D eigenvalue weighted by atomic mass is 10.1. The summed E-state index contributed by atoms with van der Waals surface area (Å²) in [4.78, 5) is 37.0. The Balaban J connectivity index is 4.40. The van der Waals surface area contributed by atoms with Crippen molar-refractivity contribution < 1.29 is 42.9 Å². The molecule has 344 valence electrons. The third-order valence-electron chi connectivity index (χ3n) is 10.4. The van der Waals surface area contributed by atoms with Crippen LogP contribution in [0.1, 0.15) is 206 Å². The molecule has 0 heterocycles. The molecule has 2 unspecified atom stereocenters. The van der Waals surface area contributed by atoms with Crippen LogP contribution in [0.15, 0.2) is 36.5 Å². The summed E-state index contributed by atoms with van der Waals surface area (Å²) in [6.45, 7) is 4.70. The van der Waals surface area contributed by atoms with Crippen molar-refractivity contribution in [3.8, 4) is 0 Å². The minimum absolute atomic E-state index is 0.146. The number of carboxylic acid groups (broad SMARTS) is 1. The minimum atomic E-state index is -1.62. The average Bonchev–Trinajstić information content (AvgIpc) is 3.19. The van der Waals surface area contributed by atoms with Gasteiger partial charge in [-0.05, 0) is 70.6 Å². The van der Waals surface area contributed by atoms with Crippen molar-refractivity contribution in [2.75, 3.05) is 47.5 Å². The second-order valence-electron chi connectivity index (χ2n) is 17.4. The van der Waals surface area contributed by atoms with Gasteiger partial charge in [0, 0.05) is 12.8 Å². The quantitative estimate of drug-likeness (QED) is 0.0196. The number of hydrogen-bond acceptors (Lipinski definition) is 8. The highest BCUT2D eigenvalue weighted by molar-refractivity contribution is 5.70. The number of ether oxygens (including phenoxy) is 4. The van der Waals surface area contributed by atoms with E-state index in [1.54, 1.807) is 0 Å². The molecule has 0 aromatic carbocycles. The molecule has 0 aliphatic heterocycles. The molecule has 0 radical (unpaired) electrons. The Hall–Kier alpha value is -2.49. The molecule has 0 aliphatic carbocycles. The van der Waals surface area contributed by atoms with E-state index in [1.807, 2.05) is 21.1 Å². The number of nitrogens with zero attached hydrogens (tertiary/aromatic N) is 1. The molecule has 0 aromatic rings. The van der Waals surface area contributed by atoms with E-state index in [4.69, 9.17) is 18.9 Å². The monoisotopic (exact) mass is 834 g/mol. The largest absolute Gasteiger partial charge is 0.545 e. The number of aliphatic carboxylic acids is 1. The molecule has 0 spiro atoms. The third kappa shape index (κ3) is 43.4. The number of likely N-dealkylation sites (N-methyl/N-ethyl adjacent to an activating group) is 1. The Labute approximate surface area is 362 Å². The van der Waals surface area contributed by atoms with E-state index in [-0.39, 0.29) is 38.6 Å². The summed E-state index contributed by atoms with van der Waals surface area (Å²) >= 11 is 0. The molecule has 2 atom stereocenters. The van der Waals surface area contributed by atoms with E-state index >= 15 is 0 Å². The zero-order valence-electron chi connectivity index (χ0n) is 38.9. The Kier molecular flexibility index (Phi) is 40.4. The van der Waals surface area contributed by atoms with Gasteiger partial charge in [-0.1, -0.05) is 159 Å². The number of hydrogen-bond donors (Lipinski definition) is 0. The maximum absolute atomic E-state index is 12.8. The number of carbonyl (C=O) groups excluding carboxylic acids is 3. The molecule has 0 rings (SSSR count). The van der Waals surface area contributed by atoms with E-state index in [0.717, 1.165) is 70.6 Å². The van der Waals surface area contributed by atoms with Crippen molar-refractivity contribution in [3.05, 3.63) is 36.5 Å². The smallest absolute Gasteiger partial charge is 0.306 e. The minimum Gasteiger partial charge on any atom is -0.545 e. The molecular weight excluding hydrogens is 743 g/mol. The summed E-state index contributed by atoms with van der Waals surface area (Å²) in [6, 6.07) is 0. The van der Waals surface area contributed by atoms with E-state index in [0.29, 0.717) is 17.4 Å². The van der Waals surface area contributed by atoms with Gasteiger partial charge in [-0.2, -0.15) is 0 Å². The van der Waals surface area contributed by atoms with Crippen molar-refractivity contribution in [3.63, 3.8) is 0 Å². The van der Waals surface area contributed by atoms with Gasteiger partial charge < -0.3 is 33.3 Å². The fourth-order valence-corrected chi connectivity index (χ4v) is 6.56. The number of rotatable bonds is 44. The molecule has 0 aliphatic rings. The van der Waals surface area contributed by atoms with Crippen molar-refractivity contribution >= 4 is 17.9 Å². The van der Waals surface area contributed by atoms with Gasteiger partial charge in [-0.15, -0.1) is 0 Å². The van der Waals surface area contributed by atoms with Gasteiger partial charge in [0.15, 0.2) is 12.4 Å². The van der Waals surface area contributed by atoms with Gasteiger partial charge in [0.25, 0.3) is 0 Å². The van der Waals surface area contributed by atoms with Crippen molar-refractivity contribution in [1.82, 2.24) is 0 Å². The van der Waals surface area contributed by atoms with Crippen molar-refractivity contribution in [1.29, 1.82) is 0 Å². The van der Waals surface area contributed by atoms with Crippen LogP contribution in [0.3, 0.4) is 0 Å². The van der Waals surface area contributed by atoms with Crippen LogP contribution in [0.5, 0.6) is 0 Å². The number of carboxylic acids is 1. The highest BCUT2D eigenvalue weighted by atomic mass is 16.7. The Morgan fingerprint density at radius 1 is 0.508 bits per heavy atom. The number of allylic oxidation sites excluding steroid dienone is 6. The van der Waals surface area contributed by atoms with Crippen LogP contribution in [-0.2, 0) is 33.3 Å². The van der Waals surface area contributed by atoms with Crippen LogP contribution in [-0.4, -0.2) is 82.3 Å². The first kappa shape index (κ1) is 56.5. The summed E-state index contributed by atoms with van der Waals surface area (Å²) in [5.74, 6) is -2.30. The topological polar surface area (TPSA) is 111 Å². The van der Waals surface area contributed by atoms with Gasteiger partial charge in [0.1, 0.15) is 13.2 Å². The second kappa shape index (κ2) is 42.2. The van der Waals surface area contributed by atoms with Crippen LogP contribution in [0, 0.1) is 0 Å². The first-order chi connectivity index (χ1) is 28.6. The predicted molar refractivity (Wildman–Crippen MR) is 242 cm³/mol. The summed E-state index contributed by atoms with van der Waals surface area (Å²) in [5.41, 5.74) is 0. The highest BCUT2D eigenvalue weighted by Crippen LogP contribution is 2.14. The molecule has 9 nitrogen and oxygen atoms in total. The number of carbonyl (C=O) groups is 3. The van der Waals surface area contributed by atoms with Crippen LogP contribution in [0.2, 0.25) is 0 Å². The molecule has 0 aromatic heterocycles. The fourth-order valence-electron chi connectivity index (χ4n) is 6.56. The first-order valence-electron chi connectivity index (χ1n) is 24.1. The highest BCUT2D eigenvalue weighted by Gasteiger charge is 2.21. The van der Waals surface area contributed by atoms with Gasteiger partial charge >= 0.3 is 11.9 Å². The van der Waals surface area contributed by atoms with Gasteiger partial charge in [-0.3, -0.25) is 9.59 Å². The van der Waals surface area contributed by atoms with Crippen molar-refractivity contribution in [2.45, 2.75) is 219 Å². The Morgan fingerprint density at radius 2 is 0.915 bits per heavy atom. The summed E-state index contributed by atoms with van der Waals surface area (Å²) in [7, 11) is 5.91.